The SMILES string of the molecule is COc1cccc(Cl)c1C1NCCCS1. The van der Waals surface area contributed by atoms with E-state index in [0.29, 0.717) is 0 Å². The molecule has 2 nitrogen and oxygen atoms in total. The van der Waals surface area contributed by atoms with Gasteiger partial charge in [-0.2, -0.15) is 0 Å². The number of nitrogens with one attached hydrogen (secondary N) is 1. The van der Waals surface area contributed by atoms with Crippen LogP contribution in [0, 0.1) is 0 Å². The maximum atomic E-state index is 6.21. The van der Waals surface area contributed by atoms with Gasteiger partial charge in [-0.3, -0.25) is 0 Å². The summed E-state index contributed by atoms with van der Waals surface area (Å²) in [5, 5.41) is 4.49. The molecule has 1 aliphatic rings. The summed E-state index contributed by atoms with van der Waals surface area (Å²) in [7, 11) is 1.68. The Morgan fingerprint density at radius 3 is 3.07 bits per heavy atom. The first-order valence-corrected chi connectivity index (χ1v) is 6.43. The Morgan fingerprint density at radius 2 is 2.40 bits per heavy atom. The Hall–Kier alpha value is -0.380. The Balaban J connectivity index is 2.31. The van der Waals surface area contributed by atoms with Crippen molar-refractivity contribution in [1.82, 2.24) is 5.32 Å². The molecule has 0 saturated carbocycles. The van der Waals surface area contributed by atoms with E-state index in [1.807, 2.05) is 30.0 Å². The monoisotopic (exact) mass is 243 g/mol. The zero-order valence-electron chi connectivity index (χ0n) is 8.63. The van der Waals surface area contributed by atoms with E-state index in [9.17, 15) is 0 Å². The van der Waals surface area contributed by atoms with Crippen LogP contribution in [0.3, 0.4) is 0 Å². The summed E-state index contributed by atoms with van der Waals surface area (Å²) in [6.07, 6.45) is 1.22. The van der Waals surface area contributed by atoms with Crippen LogP contribution in [0.2, 0.25) is 5.02 Å². The van der Waals surface area contributed by atoms with Crippen molar-refractivity contribution in [3.05, 3.63) is 28.8 Å². The van der Waals surface area contributed by atoms with E-state index in [1.54, 1.807) is 7.11 Å². The van der Waals surface area contributed by atoms with E-state index >= 15 is 0 Å². The average molecular weight is 244 g/mol. The van der Waals surface area contributed by atoms with Crippen molar-refractivity contribution in [3.8, 4) is 5.75 Å². The second-order valence-electron chi connectivity index (χ2n) is 3.41. The van der Waals surface area contributed by atoms with Gasteiger partial charge in [-0.15, -0.1) is 11.8 Å². The van der Waals surface area contributed by atoms with E-state index in [4.69, 9.17) is 16.3 Å². The van der Waals surface area contributed by atoms with Gasteiger partial charge in [-0.25, -0.2) is 0 Å². The lowest BCUT2D eigenvalue weighted by molar-refractivity contribution is 0.407. The Labute approximate surface area is 99.3 Å². The van der Waals surface area contributed by atoms with Crippen LogP contribution in [0.15, 0.2) is 18.2 Å². The fraction of sp³-hybridized carbons (Fsp3) is 0.455. The molecule has 1 aromatic rings. The summed E-state index contributed by atoms with van der Waals surface area (Å²) < 4.78 is 5.34. The van der Waals surface area contributed by atoms with Crippen LogP contribution in [-0.4, -0.2) is 19.4 Å². The summed E-state index contributed by atoms with van der Waals surface area (Å²) in [4.78, 5) is 0. The van der Waals surface area contributed by atoms with Gasteiger partial charge in [0.25, 0.3) is 0 Å². The van der Waals surface area contributed by atoms with Gasteiger partial charge >= 0.3 is 0 Å². The van der Waals surface area contributed by atoms with Crippen LogP contribution in [0.1, 0.15) is 17.4 Å². The predicted octanol–water partition coefficient (Wildman–Crippen LogP) is 3.07. The number of halogens is 1. The van der Waals surface area contributed by atoms with Gasteiger partial charge in [0.15, 0.2) is 0 Å². The molecule has 0 amide bonds. The van der Waals surface area contributed by atoms with E-state index in [-0.39, 0.29) is 5.37 Å². The maximum absolute atomic E-state index is 6.21. The minimum absolute atomic E-state index is 0.266. The molecule has 15 heavy (non-hydrogen) atoms. The highest BCUT2D eigenvalue weighted by Crippen LogP contribution is 2.39. The van der Waals surface area contributed by atoms with Crippen molar-refractivity contribution < 1.29 is 4.74 Å². The second kappa shape index (κ2) is 5.10. The normalized spacial score (nSPS) is 21.3. The summed E-state index contributed by atoms with van der Waals surface area (Å²) >= 11 is 8.09. The number of ether oxygens (including phenoxy) is 1. The molecule has 0 aromatic heterocycles. The topological polar surface area (TPSA) is 21.3 Å². The van der Waals surface area contributed by atoms with Crippen LogP contribution in [0.5, 0.6) is 5.75 Å². The molecule has 2 rings (SSSR count). The molecule has 1 N–H and O–H groups in total. The molecule has 0 radical (unpaired) electrons. The molecule has 1 heterocycles. The highest BCUT2D eigenvalue weighted by atomic mass is 35.5. The summed E-state index contributed by atoms with van der Waals surface area (Å²) in [5.74, 6) is 2.04. The Kier molecular flexibility index (Phi) is 3.78. The molecule has 1 fully saturated rings. The molecule has 0 spiro atoms. The van der Waals surface area contributed by atoms with Gasteiger partial charge in [0.2, 0.25) is 0 Å². The van der Waals surface area contributed by atoms with Crippen LogP contribution in [0.25, 0.3) is 0 Å². The molecular formula is C11H14ClNOS. The first-order chi connectivity index (χ1) is 7.33. The van der Waals surface area contributed by atoms with Crippen molar-refractivity contribution >= 4 is 23.4 Å². The highest BCUT2D eigenvalue weighted by molar-refractivity contribution is 7.99. The standard InChI is InChI=1S/C11H14ClNOS/c1-14-9-5-2-4-8(12)10(9)11-13-6-3-7-15-11/h2,4-5,11,13H,3,6-7H2,1H3. The van der Waals surface area contributed by atoms with Crippen molar-refractivity contribution in [1.29, 1.82) is 0 Å². The molecule has 4 heteroatoms. The number of thioether (sulfide) groups is 1. The van der Waals surface area contributed by atoms with Gasteiger partial charge in [-0.05, 0) is 30.9 Å². The van der Waals surface area contributed by atoms with E-state index in [0.717, 1.165) is 22.9 Å². The van der Waals surface area contributed by atoms with E-state index in [1.165, 1.54) is 12.2 Å². The van der Waals surface area contributed by atoms with Crippen molar-refractivity contribution in [2.45, 2.75) is 11.8 Å². The molecule has 1 aromatic carbocycles. The second-order valence-corrected chi connectivity index (χ2v) is 5.03. The third-order valence-corrected chi connectivity index (χ3v) is 4.02. The molecule has 0 aliphatic carbocycles. The number of rotatable bonds is 2. The summed E-state index contributed by atoms with van der Waals surface area (Å²) in [6, 6.07) is 5.78. The van der Waals surface area contributed by atoms with Crippen LogP contribution >= 0.6 is 23.4 Å². The summed E-state index contributed by atoms with van der Waals surface area (Å²) in [5.41, 5.74) is 1.08. The third kappa shape index (κ3) is 2.41. The fourth-order valence-corrected chi connectivity index (χ4v) is 3.23. The molecular weight excluding hydrogens is 230 g/mol. The first-order valence-electron chi connectivity index (χ1n) is 5.00. The molecule has 82 valence electrons. The molecule has 0 bridgehead atoms. The Bertz CT molecular complexity index is 339. The van der Waals surface area contributed by atoms with Crippen molar-refractivity contribution in [3.63, 3.8) is 0 Å². The van der Waals surface area contributed by atoms with Gasteiger partial charge in [-0.1, -0.05) is 17.7 Å². The van der Waals surface area contributed by atoms with Crippen molar-refractivity contribution in [2.24, 2.45) is 0 Å². The summed E-state index contributed by atoms with van der Waals surface area (Å²) in [6.45, 7) is 1.05. The average Bonchev–Trinajstić information content (AvgIpc) is 2.29. The fourth-order valence-electron chi connectivity index (χ4n) is 1.70. The molecule has 1 aliphatic heterocycles. The predicted molar refractivity (Wildman–Crippen MR) is 65.8 cm³/mol. The largest absolute Gasteiger partial charge is 0.496 e. The van der Waals surface area contributed by atoms with E-state index < -0.39 is 0 Å². The zero-order valence-corrected chi connectivity index (χ0v) is 10.2. The number of methoxy groups -OCH3 is 1. The van der Waals surface area contributed by atoms with Crippen LogP contribution in [-0.2, 0) is 0 Å². The first kappa shape index (κ1) is 11.1. The number of hydrogen-bond donors (Lipinski definition) is 1. The number of benzene rings is 1. The molecule has 1 unspecified atom stereocenters. The minimum atomic E-state index is 0.266. The van der Waals surface area contributed by atoms with Crippen LogP contribution < -0.4 is 10.1 Å². The minimum Gasteiger partial charge on any atom is -0.496 e. The molecule has 1 atom stereocenters. The number of hydrogen-bond acceptors (Lipinski definition) is 3. The molecule has 1 saturated heterocycles. The zero-order chi connectivity index (χ0) is 10.7. The lowest BCUT2D eigenvalue weighted by atomic mass is 10.2. The van der Waals surface area contributed by atoms with Crippen LogP contribution in [0.4, 0.5) is 0 Å². The third-order valence-electron chi connectivity index (χ3n) is 2.43. The maximum Gasteiger partial charge on any atom is 0.125 e. The lowest BCUT2D eigenvalue weighted by Crippen LogP contribution is -2.25. The smallest absolute Gasteiger partial charge is 0.125 e. The van der Waals surface area contributed by atoms with Gasteiger partial charge in [0, 0.05) is 10.6 Å². The lowest BCUT2D eigenvalue weighted by Gasteiger charge is -2.25. The van der Waals surface area contributed by atoms with Gasteiger partial charge in [0.05, 0.1) is 12.5 Å². The quantitative estimate of drug-likeness (QED) is 0.863. The van der Waals surface area contributed by atoms with Gasteiger partial charge in [0.1, 0.15) is 5.75 Å². The Morgan fingerprint density at radius 1 is 1.53 bits per heavy atom. The van der Waals surface area contributed by atoms with E-state index in [2.05, 4.69) is 5.32 Å². The van der Waals surface area contributed by atoms with Gasteiger partial charge < -0.3 is 10.1 Å². The van der Waals surface area contributed by atoms with Crippen molar-refractivity contribution in [2.75, 3.05) is 19.4 Å². The highest BCUT2D eigenvalue weighted by Gasteiger charge is 2.21.